The fourth-order valence-corrected chi connectivity index (χ4v) is 3.93. The van der Waals surface area contributed by atoms with Crippen molar-refractivity contribution in [2.24, 2.45) is 5.92 Å². The number of hydrogen-bond acceptors (Lipinski definition) is 5. The minimum atomic E-state index is -0.623. The zero-order chi connectivity index (χ0) is 27.2. The molecule has 2 atom stereocenters. The SMILES string of the molecule is CC(CCC(=O)NCC(=O)C(CCc1ccccc1)OCc1ccccc1)CNC(=O)c1cccc(O)c1. The van der Waals surface area contributed by atoms with E-state index in [-0.39, 0.29) is 42.2 Å². The number of rotatable bonds is 15. The molecule has 0 bridgehead atoms. The first-order chi connectivity index (χ1) is 18.4. The predicted molar refractivity (Wildman–Crippen MR) is 147 cm³/mol. The van der Waals surface area contributed by atoms with Gasteiger partial charge in [-0.05, 0) is 54.5 Å². The zero-order valence-corrected chi connectivity index (χ0v) is 21.8. The third kappa shape index (κ3) is 10.2. The van der Waals surface area contributed by atoms with E-state index in [1.165, 1.54) is 12.1 Å². The number of benzene rings is 3. The van der Waals surface area contributed by atoms with Crippen molar-refractivity contribution in [3.8, 4) is 5.75 Å². The maximum atomic E-state index is 13.0. The molecule has 0 radical (unpaired) electrons. The van der Waals surface area contributed by atoms with Gasteiger partial charge in [0, 0.05) is 18.5 Å². The molecule has 200 valence electrons. The second-order valence-corrected chi connectivity index (χ2v) is 9.46. The molecule has 2 unspecified atom stereocenters. The molecule has 2 amide bonds. The number of carbonyl (C=O) groups is 3. The molecule has 0 fully saturated rings. The average molecular weight is 517 g/mol. The Kier molecular flexibility index (Phi) is 11.5. The molecule has 0 saturated heterocycles. The van der Waals surface area contributed by atoms with Crippen molar-refractivity contribution >= 4 is 17.6 Å². The maximum absolute atomic E-state index is 13.0. The lowest BCUT2D eigenvalue weighted by Gasteiger charge is -2.18. The number of phenolic OH excluding ortho intramolecular Hbond substituents is 1. The van der Waals surface area contributed by atoms with Crippen LogP contribution < -0.4 is 10.6 Å². The first-order valence-corrected chi connectivity index (χ1v) is 13.0. The number of phenols is 1. The molecule has 0 spiro atoms. The molecular weight excluding hydrogens is 480 g/mol. The van der Waals surface area contributed by atoms with Gasteiger partial charge in [0.15, 0.2) is 5.78 Å². The minimum absolute atomic E-state index is 0.0321. The molecule has 0 aliphatic rings. The Bertz CT molecular complexity index is 1120. The first kappa shape index (κ1) is 28.6. The summed E-state index contributed by atoms with van der Waals surface area (Å²) >= 11 is 0. The number of Topliss-reactive ketones (excluding diaryl/α,β-unsaturated/α-hetero) is 1. The molecular formula is C31H36N2O5. The highest BCUT2D eigenvalue weighted by molar-refractivity contribution is 5.94. The molecule has 3 aromatic carbocycles. The summed E-state index contributed by atoms with van der Waals surface area (Å²) in [5.41, 5.74) is 2.49. The summed E-state index contributed by atoms with van der Waals surface area (Å²) in [5.74, 6) is -0.555. The Morgan fingerprint density at radius 3 is 2.21 bits per heavy atom. The number of nitrogens with one attached hydrogen (secondary N) is 2. The summed E-state index contributed by atoms with van der Waals surface area (Å²) in [6, 6.07) is 25.8. The fraction of sp³-hybridized carbons (Fsp3) is 0.323. The van der Waals surface area contributed by atoms with E-state index in [0.717, 1.165) is 11.1 Å². The van der Waals surface area contributed by atoms with Crippen LogP contribution in [0.15, 0.2) is 84.9 Å². The smallest absolute Gasteiger partial charge is 0.251 e. The highest BCUT2D eigenvalue weighted by Crippen LogP contribution is 2.13. The van der Waals surface area contributed by atoms with Gasteiger partial charge in [-0.25, -0.2) is 0 Å². The number of ketones is 1. The van der Waals surface area contributed by atoms with E-state index in [9.17, 15) is 19.5 Å². The van der Waals surface area contributed by atoms with Crippen LogP contribution in [-0.2, 0) is 27.4 Å². The average Bonchev–Trinajstić information content (AvgIpc) is 2.94. The van der Waals surface area contributed by atoms with Crippen LogP contribution in [0, 0.1) is 5.92 Å². The van der Waals surface area contributed by atoms with Gasteiger partial charge in [0.1, 0.15) is 11.9 Å². The van der Waals surface area contributed by atoms with Gasteiger partial charge in [0.05, 0.1) is 13.2 Å². The lowest BCUT2D eigenvalue weighted by atomic mass is 10.0. The molecule has 0 aromatic heterocycles. The topological polar surface area (TPSA) is 105 Å². The summed E-state index contributed by atoms with van der Waals surface area (Å²) in [7, 11) is 0. The van der Waals surface area contributed by atoms with Crippen LogP contribution >= 0.6 is 0 Å². The molecule has 3 aromatic rings. The Balaban J connectivity index is 1.42. The number of carbonyl (C=O) groups excluding carboxylic acids is 3. The van der Waals surface area contributed by atoms with E-state index in [4.69, 9.17) is 4.74 Å². The molecule has 38 heavy (non-hydrogen) atoms. The van der Waals surface area contributed by atoms with Crippen molar-refractivity contribution < 1.29 is 24.2 Å². The molecule has 0 saturated carbocycles. The zero-order valence-electron chi connectivity index (χ0n) is 21.8. The third-order valence-electron chi connectivity index (χ3n) is 6.23. The summed E-state index contributed by atoms with van der Waals surface area (Å²) in [5, 5.41) is 15.1. The molecule has 0 aliphatic carbocycles. The number of aromatic hydroxyl groups is 1. The van der Waals surface area contributed by atoms with Crippen molar-refractivity contribution in [1.82, 2.24) is 10.6 Å². The number of amides is 2. The lowest BCUT2D eigenvalue weighted by molar-refractivity contribution is -0.133. The summed E-state index contributed by atoms with van der Waals surface area (Å²) in [4.78, 5) is 37.6. The van der Waals surface area contributed by atoms with Crippen LogP contribution in [0.25, 0.3) is 0 Å². The van der Waals surface area contributed by atoms with E-state index in [1.807, 2.05) is 67.6 Å². The Morgan fingerprint density at radius 2 is 1.53 bits per heavy atom. The van der Waals surface area contributed by atoms with Gasteiger partial charge in [-0.15, -0.1) is 0 Å². The Morgan fingerprint density at radius 1 is 0.842 bits per heavy atom. The second kappa shape index (κ2) is 15.3. The van der Waals surface area contributed by atoms with Crippen LogP contribution in [0.4, 0.5) is 0 Å². The van der Waals surface area contributed by atoms with Crippen molar-refractivity contribution in [3.63, 3.8) is 0 Å². The van der Waals surface area contributed by atoms with E-state index in [1.54, 1.807) is 12.1 Å². The first-order valence-electron chi connectivity index (χ1n) is 13.0. The van der Waals surface area contributed by atoms with E-state index >= 15 is 0 Å². The van der Waals surface area contributed by atoms with Crippen molar-refractivity contribution in [3.05, 3.63) is 102 Å². The minimum Gasteiger partial charge on any atom is -0.508 e. The van der Waals surface area contributed by atoms with Crippen molar-refractivity contribution in [2.45, 2.75) is 45.3 Å². The lowest BCUT2D eigenvalue weighted by Crippen LogP contribution is -2.37. The van der Waals surface area contributed by atoms with Gasteiger partial charge in [-0.3, -0.25) is 14.4 Å². The standard InChI is InChI=1S/C31H36N2O5/c1-23(20-33-31(37)26-13-8-14-27(34)19-26)15-18-30(36)32-21-28(35)29(17-16-24-9-4-2-5-10-24)38-22-25-11-6-3-7-12-25/h2-14,19,23,29,34H,15-18,20-22H2,1H3,(H,32,36)(H,33,37). The van der Waals surface area contributed by atoms with Gasteiger partial charge in [0.25, 0.3) is 5.91 Å². The van der Waals surface area contributed by atoms with Crippen LogP contribution in [0.3, 0.4) is 0 Å². The normalized spacial score (nSPS) is 12.3. The summed E-state index contributed by atoms with van der Waals surface area (Å²) in [6.07, 6.45) is 1.41. The predicted octanol–water partition coefficient (Wildman–Crippen LogP) is 4.44. The summed E-state index contributed by atoms with van der Waals surface area (Å²) < 4.78 is 5.98. The van der Waals surface area contributed by atoms with E-state index < -0.39 is 6.10 Å². The Labute approximate surface area is 224 Å². The van der Waals surface area contributed by atoms with Gasteiger partial charge < -0.3 is 20.5 Å². The maximum Gasteiger partial charge on any atom is 0.251 e. The molecule has 3 rings (SSSR count). The van der Waals surface area contributed by atoms with Crippen LogP contribution in [0.5, 0.6) is 5.75 Å². The van der Waals surface area contributed by atoms with E-state index in [0.29, 0.717) is 38.0 Å². The van der Waals surface area contributed by atoms with E-state index in [2.05, 4.69) is 10.6 Å². The third-order valence-corrected chi connectivity index (χ3v) is 6.23. The molecule has 7 heteroatoms. The van der Waals surface area contributed by atoms with Crippen LogP contribution in [0.1, 0.15) is 47.7 Å². The molecule has 7 nitrogen and oxygen atoms in total. The number of hydrogen-bond donors (Lipinski definition) is 3. The summed E-state index contributed by atoms with van der Waals surface area (Å²) in [6.45, 7) is 2.58. The monoisotopic (exact) mass is 516 g/mol. The van der Waals surface area contributed by atoms with Gasteiger partial charge >= 0.3 is 0 Å². The number of ether oxygens (including phenoxy) is 1. The van der Waals surface area contributed by atoms with Gasteiger partial charge in [0.2, 0.25) is 5.91 Å². The van der Waals surface area contributed by atoms with Crippen molar-refractivity contribution in [2.75, 3.05) is 13.1 Å². The molecule has 3 N–H and O–H groups in total. The van der Waals surface area contributed by atoms with Crippen molar-refractivity contribution in [1.29, 1.82) is 0 Å². The van der Waals surface area contributed by atoms with Gasteiger partial charge in [-0.1, -0.05) is 73.7 Å². The second-order valence-electron chi connectivity index (χ2n) is 9.46. The highest BCUT2D eigenvalue weighted by atomic mass is 16.5. The Hall–Kier alpha value is -3.97. The van der Waals surface area contributed by atoms with Gasteiger partial charge in [-0.2, -0.15) is 0 Å². The molecule has 0 heterocycles. The molecule has 0 aliphatic heterocycles. The highest BCUT2D eigenvalue weighted by Gasteiger charge is 2.20. The quantitative estimate of drug-likeness (QED) is 0.277. The largest absolute Gasteiger partial charge is 0.508 e. The van der Waals surface area contributed by atoms with Crippen LogP contribution in [-0.4, -0.2) is 41.9 Å². The number of aryl methyl sites for hydroxylation is 1. The fourth-order valence-electron chi connectivity index (χ4n) is 3.93. The van der Waals surface area contributed by atoms with Crippen LogP contribution in [0.2, 0.25) is 0 Å².